The van der Waals surface area contributed by atoms with Gasteiger partial charge < -0.3 is 24.8 Å². The largest absolute Gasteiger partial charge is 0.378 e. The molecule has 0 aliphatic carbocycles. The molecule has 0 saturated carbocycles. The topological polar surface area (TPSA) is 68.8 Å². The number of amides is 1. The number of ether oxygens (including phenoxy) is 3. The van der Waals surface area contributed by atoms with Crippen LogP contribution in [0.25, 0.3) is 0 Å². The quantitative estimate of drug-likeness (QED) is 0.562. The van der Waals surface area contributed by atoms with Gasteiger partial charge in [-0.3, -0.25) is 4.79 Å². The second kappa shape index (κ2) is 6.73. The van der Waals surface area contributed by atoms with Crippen LogP contribution < -0.4 is 10.6 Å². The summed E-state index contributed by atoms with van der Waals surface area (Å²) < 4.78 is 15.1. The number of rotatable bonds is 5. The third kappa shape index (κ3) is 4.13. The van der Waals surface area contributed by atoms with E-state index in [4.69, 9.17) is 14.2 Å². The molecule has 1 fully saturated rings. The minimum absolute atomic E-state index is 0.0891. The van der Waals surface area contributed by atoms with E-state index in [-0.39, 0.29) is 11.9 Å². The predicted octanol–water partition coefficient (Wildman–Crippen LogP) is -1.29. The second-order valence-corrected chi connectivity index (χ2v) is 3.23. The van der Waals surface area contributed by atoms with E-state index in [1.165, 1.54) is 14.2 Å². The minimum atomic E-state index is -0.404. The molecule has 1 saturated heterocycles. The Labute approximate surface area is 89.3 Å². The first kappa shape index (κ1) is 12.4. The van der Waals surface area contributed by atoms with E-state index in [9.17, 15) is 4.79 Å². The SMILES string of the molecule is COC(CNC(=O)C1COCCN1)OC. The molecule has 0 bridgehead atoms. The standard InChI is InChI=1S/C9H18N2O4/c1-13-8(14-2)5-11-9(12)7-6-15-4-3-10-7/h7-8,10H,3-6H2,1-2H3,(H,11,12). The fourth-order valence-electron chi connectivity index (χ4n) is 1.30. The van der Waals surface area contributed by atoms with Crippen LogP contribution in [0.3, 0.4) is 0 Å². The molecule has 1 rings (SSSR count). The lowest BCUT2D eigenvalue weighted by atomic mass is 10.2. The van der Waals surface area contributed by atoms with Gasteiger partial charge in [0.1, 0.15) is 6.04 Å². The Balaban J connectivity index is 2.22. The molecule has 6 nitrogen and oxygen atoms in total. The molecule has 0 aromatic heterocycles. The molecule has 1 aliphatic rings. The molecule has 0 aromatic carbocycles. The molecule has 2 N–H and O–H groups in total. The van der Waals surface area contributed by atoms with Gasteiger partial charge in [0.05, 0.1) is 19.8 Å². The summed E-state index contributed by atoms with van der Waals surface area (Å²) in [5, 5.41) is 5.78. The van der Waals surface area contributed by atoms with Crippen molar-refractivity contribution < 1.29 is 19.0 Å². The number of methoxy groups -OCH3 is 2. The molecule has 1 heterocycles. The summed E-state index contributed by atoms with van der Waals surface area (Å²) in [6.45, 7) is 2.11. The maximum absolute atomic E-state index is 11.6. The van der Waals surface area contributed by atoms with Crippen molar-refractivity contribution in [3.8, 4) is 0 Å². The Morgan fingerprint density at radius 3 is 2.87 bits per heavy atom. The Hall–Kier alpha value is -0.690. The number of hydrogen-bond donors (Lipinski definition) is 2. The Morgan fingerprint density at radius 2 is 2.33 bits per heavy atom. The first-order valence-corrected chi connectivity index (χ1v) is 4.92. The highest BCUT2D eigenvalue weighted by Crippen LogP contribution is 1.94. The molecule has 0 radical (unpaired) electrons. The lowest BCUT2D eigenvalue weighted by molar-refractivity contribution is -0.131. The van der Waals surface area contributed by atoms with Crippen molar-refractivity contribution in [3.05, 3.63) is 0 Å². The van der Waals surface area contributed by atoms with Gasteiger partial charge in [0, 0.05) is 20.8 Å². The highest BCUT2D eigenvalue weighted by molar-refractivity contribution is 5.81. The monoisotopic (exact) mass is 218 g/mol. The van der Waals surface area contributed by atoms with Gasteiger partial charge >= 0.3 is 0 Å². The van der Waals surface area contributed by atoms with Crippen LogP contribution in [0, 0.1) is 0 Å². The Morgan fingerprint density at radius 1 is 1.60 bits per heavy atom. The number of nitrogens with one attached hydrogen (secondary N) is 2. The van der Waals surface area contributed by atoms with Crippen molar-refractivity contribution in [2.45, 2.75) is 12.3 Å². The molecule has 0 spiro atoms. The Kier molecular flexibility index (Phi) is 5.56. The molecule has 1 amide bonds. The second-order valence-electron chi connectivity index (χ2n) is 3.23. The van der Waals surface area contributed by atoms with Crippen molar-refractivity contribution >= 4 is 5.91 Å². The van der Waals surface area contributed by atoms with Gasteiger partial charge in [-0.15, -0.1) is 0 Å². The maximum atomic E-state index is 11.6. The fourth-order valence-corrected chi connectivity index (χ4v) is 1.30. The van der Waals surface area contributed by atoms with E-state index in [1.807, 2.05) is 0 Å². The van der Waals surface area contributed by atoms with E-state index in [1.54, 1.807) is 0 Å². The van der Waals surface area contributed by atoms with Gasteiger partial charge in [-0.1, -0.05) is 0 Å². The number of morpholine rings is 1. The summed E-state index contributed by atoms with van der Waals surface area (Å²) in [6, 6.07) is -0.270. The molecule has 1 aliphatic heterocycles. The number of carbonyl (C=O) groups is 1. The van der Waals surface area contributed by atoms with Crippen LogP contribution in [0.2, 0.25) is 0 Å². The molecule has 1 atom stereocenters. The molecule has 88 valence electrons. The van der Waals surface area contributed by atoms with E-state index < -0.39 is 6.29 Å². The normalized spacial score (nSPS) is 21.7. The highest BCUT2D eigenvalue weighted by Gasteiger charge is 2.21. The van der Waals surface area contributed by atoms with E-state index in [2.05, 4.69) is 10.6 Å². The minimum Gasteiger partial charge on any atom is -0.378 e. The first-order chi connectivity index (χ1) is 7.27. The van der Waals surface area contributed by atoms with Crippen LogP contribution >= 0.6 is 0 Å². The van der Waals surface area contributed by atoms with Gasteiger partial charge in [-0.25, -0.2) is 0 Å². The Bertz CT molecular complexity index is 191. The molecule has 1 unspecified atom stereocenters. The molecule has 15 heavy (non-hydrogen) atoms. The van der Waals surface area contributed by atoms with Crippen LogP contribution in [0.15, 0.2) is 0 Å². The third-order valence-corrected chi connectivity index (χ3v) is 2.21. The zero-order valence-electron chi connectivity index (χ0n) is 9.12. The van der Waals surface area contributed by atoms with Gasteiger partial charge in [0.2, 0.25) is 5.91 Å². The van der Waals surface area contributed by atoms with E-state index in [0.717, 1.165) is 0 Å². The number of hydrogen-bond acceptors (Lipinski definition) is 5. The van der Waals surface area contributed by atoms with E-state index in [0.29, 0.717) is 26.3 Å². The smallest absolute Gasteiger partial charge is 0.239 e. The van der Waals surface area contributed by atoms with Crippen LogP contribution in [-0.2, 0) is 19.0 Å². The molecule has 0 aromatic rings. The van der Waals surface area contributed by atoms with Crippen molar-refractivity contribution in [1.29, 1.82) is 0 Å². The van der Waals surface area contributed by atoms with Crippen molar-refractivity contribution in [2.75, 3.05) is 40.5 Å². The third-order valence-electron chi connectivity index (χ3n) is 2.21. The molecule has 6 heteroatoms. The summed E-state index contributed by atoms with van der Waals surface area (Å²) in [4.78, 5) is 11.6. The summed E-state index contributed by atoms with van der Waals surface area (Å²) in [5.41, 5.74) is 0. The average molecular weight is 218 g/mol. The van der Waals surface area contributed by atoms with Crippen LogP contribution in [0.1, 0.15) is 0 Å². The highest BCUT2D eigenvalue weighted by atomic mass is 16.7. The van der Waals surface area contributed by atoms with Crippen molar-refractivity contribution in [2.24, 2.45) is 0 Å². The molecular weight excluding hydrogens is 200 g/mol. The lowest BCUT2D eigenvalue weighted by Crippen LogP contribution is -2.52. The van der Waals surface area contributed by atoms with Crippen molar-refractivity contribution in [1.82, 2.24) is 10.6 Å². The first-order valence-electron chi connectivity index (χ1n) is 4.92. The summed E-state index contributed by atoms with van der Waals surface area (Å²) in [7, 11) is 3.06. The average Bonchev–Trinajstić information content (AvgIpc) is 2.31. The van der Waals surface area contributed by atoms with Gasteiger partial charge in [0.25, 0.3) is 0 Å². The van der Waals surface area contributed by atoms with Crippen molar-refractivity contribution in [3.63, 3.8) is 0 Å². The number of carbonyl (C=O) groups excluding carboxylic acids is 1. The predicted molar refractivity (Wildman–Crippen MR) is 53.4 cm³/mol. The van der Waals surface area contributed by atoms with Gasteiger partial charge in [-0.2, -0.15) is 0 Å². The van der Waals surface area contributed by atoms with Crippen LogP contribution in [0.5, 0.6) is 0 Å². The maximum Gasteiger partial charge on any atom is 0.239 e. The summed E-state index contributed by atoms with van der Waals surface area (Å²) >= 11 is 0. The van der Waals surface area contributed by atoms with Gasteiger partial charge in [0.15, 0.2) is 6.29 Å². The van der Waals surface area contributed by atoms with Crippen LogP contribution in [-0.4, -0.2) is 58.8 Å². The summed E-state index contributed by atoms with van der Waals surface area (Å²) in [6.07, 6.45) is -0.404. The van der Waals surface area contributed by atoms with E-state index >= 15 is 0 Å². The molecular formula is C9H18N2O4. The lowest BCUT2D eigenvalue weighted by Gasteiger charge is -2.23. The zero-order valence-corrected chi connectivity index (χ0v) is 9.12. The van der Waals surface area contributed by atoms with Crippen LogP contribution in [0.4, 0.5) is 0 Å². The fraction of sp³-hybridized carbons (Fsp3) is 0.889. The van der Waals surface area contributed by atoms with Gasteiger partial charge in [-0.05, 0) is 0 Å². The summed E-state index contributed by atoms with van der Waals surface area (Å²) in [5.74, 6) is -0.0891. The zero-order chi connectivity index (χ0) is 11.1.